The van der Waals surface area contributed by atoms with Crippen molar-refractivity contribution in [1.82, 2.24) is 19.4 Å². The molecule has 2 aromatic carbocycles. The van der Waals surface area contributed by atoms with Gasteiger partial charge in [-0.1, -0.05) is 18.2 Å². The molecule has 3 heterocycles. The summed E-state index contributed by atoms with van der Waals surface area (Å²) in [6.07, 6.45) is 7.71. The van der Waals surface area contributed by atoms with Crippen molar-refractivity contribution in [1.29, 1.82) is 0 Å². The van der Waals surface area contributed by atoms with Crippen LogP contribution in [0.5, 0.6) is 0 Å². The van der Waals surface area contributed by atoms with Crippen molar-refractivity contribution in [2.24, 2.45) is 0 Å². The fraction of sp³-hybridized carbons (Fsp3) is 0.240. The van der Waals surface area contributed by atoms with Crippen LogP contribution in [0.3, 0.4) is 0 Å². The lowest BCUT2D eigenvalue weighted by Crippen LogP contribution is -2.40. The first-order chi connectivity index (χ1) is 17.2. The molecule has 9 nitrogen and oxygen atoms in total. The Kier molecular flexibility index (Phi) is 6.45. The summed E-state index contributed by atoms with van der Waals surface area (Å²) < 4.78 is 43.4. The van der Waals surface area contributed by atoms with Crippen molar-refractivity contribution < 1.29 is 22.2 Å². The summed E-state index contributed by atoms with van der Waals surface area (Å²) in [5.74, 6) is 0.254. The number of fused-ring (bicyclic) bond motifs is 1. The SMILES string of the molecule is CS(=O)c1cn(-c2ncc(-c3cccc(S(C)(=O)=O)c3)cn2)c2cc(C(=O)N3CCOCC3)ccc12. The standard InChI is InChI=1S/C25H24N4O5S2/c1-35(31)23-16-29(22-13-18(6-7-21(22)23)24(30)28-8-10-34-11-9-28)25-26-14-19(15-27-25)17-4-3-5-20(12-17)36(2,32)33/h3-7,12-16H,8-11H2,1-2H3. The van der Waals surface area contributed by atoms with Gasteiger partial charge in [0.2, 0.25) is 5.95 Å². The first kappa shape index (κ1) is 24.3. The molecule has 0 bridgehead atoms. The van der Waals surface area contributed by atoms with Crippen LogP contribution in [0.25, 0.3) is 28.0 Å². The van der Waals surface area contributed by atoms with Gasteiger partial charge in [0.05, 0.1) is 39.3 Å². The van der Waals surface area contributed by atoms with Crippen molar-refractivity contribution in [3.05, 3.63) is 66.6 Å². The number of benzene rings is 2. The van der Waals surface area contributed by atoms with Gasteiger partial charge >= 0.3 is 0 Å². The normalized spacial score (nSPS) is 15.2. The molecule has 4 aromatic rings. The van der Waals surface area contributed by atoms with E-state index in [-0.39, 0.29) is 10.8 Å². The van der Waals surface area contributed by atoms with Gasteiger partial charge in [0, 0.05) is 60.7 Å². The highest BCUT2D eigenvalue weighted by Gasteiger charge is 2.21. The second-order valence-corrected chi connectivity index (χ2v) is 11.9. The summed E-state index contributed by atoms with van der Waals surface area (Å²) in [5, 5.41) is 0.753. The van der Waals surface area contributed by atoms with Gasteiger partial charge < -0.3 is 9.64 Å². The fourth-order valence-electron chi connectivity index (χ4n) is 4.17. The average Bonchev–Trinajstić information content (AvgIpc) is 3.28. The molecule has 1 unspecified atom stereocenters. The summed E-state index contributed by atoms with van der Waals surface area (Å²) in [5.41, 5.74) is 2.52. The minimum atomic E-state index is -3.35. The number of rotatable bonds is 5. The Labute approximate surface area is 211 Å². The second-order valence-electron chi connectivity index (χ2n) is 8.53. The zero-order valence-electron chi connectivity index (χ0n) is 19.7. The number of sulfone groups is 1. The number of nitrogens with zero attached hydrogens (tertiary/aromatic N) is 4. The molecule has 0 saturated carbocycles. The van der Waals surface area contributed by atoms with Crippen LogP contribution in [0, 0.1) is 0 Å². The van der Waals surface area contributed by atoms with Gasteiger partial charge in [-0.15, -0.1) is 0 Å². The molecule has 0 aliphatic carbocycles. The van der Waals surface area contributed by atoms with Crippen molar-refractivity contribution >= 4 is 37.4 Å². The van der Waals surface area contributed by atoms with E-state index in [1.54, 1.807) is 76.8 Å². The van der Waals surface area contributed by atoms with Crippen LogP contribution in [-0.4, -0.2) is 76.8 Å². The fourth-order valence-corrected chi connectivity index (χ4v) is 5.58. The smallest absolute Gasteiger partial charge is 0.254 e. The van der Waals surface area contributed by atoms with E-state index in [2.05, 4.69) is 9.97 Å². The van der Waals surface area contributed by atoms with Gasteiger partial charge in [-0.05, 0) is 29.8 Å². The third-order valence-corrected chi connectivity index (χ3v) is 8.13. The van der Waals surface area contributed by atoms with E-state index < -0.39 is 20.6 Å². The van der Waals surface area contributed by atoms with Crippen LogP contribution in [0.4, 0.5) is 0 Å². The molecule has 1 amide bonds. The highest BCUT2D eigenvalue weighted by atomic mass is 32.2. The van der Waals surface area contributed by atoms with Gasteiger partial charge in [-0.25, -0.2) is 18.4 Å². The van der Waals surface area contributed by atoms with E-state index in [9.17, 15) is 17.4 Å². The molecule has 1 atom stereocenters. The van der Waals surface area contributed by atoms with E-state index in [0.717, 1.165) is 11.6 Å². The van der Waals surface area contributed by atoms with Gasteiger partial charge in [-0.2, -0.15) is 0 Å². The van der Waals surface area contributed by atoms with Crippen LogP contribution < -0.4 is 0 Å². The quantitative estimate of drug-likeness (QED) is 0.395. The Morgan fingerprint density at radius 1 is 1.03 bits per heavy atom. The Hall–Kier alpha value is -3.41. The Morgan fingerprint density at radius 3 is 2.42 bits per heavy atom. The molecule has 36 heavy (non-hydrogen) atoms. The van der Waals surface area contributed by atoms with E-state index in [4.69, 9.17) is 4.74 Å². The second kappa shape index (κ2) is 9.57. The van der Waals surface area contributed by atoms with E-state index in [0.29, 0.717) is 59.4 Å². The van der Waals surface area contributed by atoms with Gasteiger partial charge in [0.25, 0.3) is 5.91 Å². The first-order valence-corrected chi connectivity index (χ1v) is 14.7. The third kappa shape index (κ3) is 4.69. The number of amides is 1. The number of carbonyl (C=O) groups is 1. The molecule has 11 heteroatoms. The van der Waals surface area contributed by atoms with Gasteiger partial charge in [0.15, 0.2) is 9.84 Å². The van der Waals surface area contributed by atoms with Crippen molar-refractivity contribution in [2.75, 3.05) is 38.8 Å². The number of aromatic nitrogens is 3. The molecular weight excluding hydrogens is 500 g/mol. The first-order valence-electron chi connectivity index (χ1n) is 11.2. The Balaban J connectivity index is 1.55. The van der Waals surface area contributed by atoms with Crippen LogP contribution in [0.2, 0.25) is 0 Å². The Morgan fingerprint density at radius 2 is 1.75 bits per heavy atom. The van der Waals surface area contributed by atoms with Crippen molar-refractivity contribution in [3.8, 4) is 17.1 Å². The molecule has 1 aliphatic heterocycles. The topological polar surface area (TPSA) is 111 Å². The summed E-state index contributed by atoms with van der Waals surface area (Å²) >= 11 is 0. The zero-order valence-corrected chi connectivity index (χ0v) is 21.4. The summed E-state index contributed by atoms with van der Waals surface area (Å²) in [4.78, 5) is 24.6. The predicted octanol–water partition coefficient (Wildman–Crippen LogP) is 2.70. The van der Waals surface area contributed by atoms with Gasteiger partial charge in [-0.3, -0.25) is 13.6 Å². The molecule has 1 fully saturated rings. The maximum absolute atomic E-state index is 13.1. The average molecular weight is 525 g/mol. The van der Waals surface area contributed by atoms with E-state index in [1.807, 2.05) is 0 Å². The molecule has 5 rings (SSSR count). The summed E-state index contributed by atoms with van der Waals surface area (Å²) in [6.45, 7) is 2.09. The van der Waals surface area contributed by atoms with E-state index in [1.165, 1.54) is 0 Å². The number of ether oxygens (including phenoxy) is 1. The molecular formula is C25H24N4O5S2. The maximum Gasteiger partial charge on any atom is 0.254 e. The largest absolute Gasteiger partial charge is 0.378 e. The lowest BCUT2D eigenvalue weighted by molar-refractivity contribution is 0.0303. The molecule has 1 aliphatic rings. The minimum absolute atomic E-state index is 0.0888. The highest BCUT2D eigenvalue weighted by Crippen LogP contribution is 2.28. The summed E-state index contributed by atoms with van der Waals surface area (Å²) in [6, 6.07) is 11.9. The lowest BCUT2D eigenvalue weighted by Gasteiger charge is -2.26. The molecule has 186 valence electrons. The molecule has 0 spiro atoms. The maximum atomic E-state index is 13.1. The number of hydrogen-bond donors (Lipinski definition) is 0. The van der Waals surface area contributed by atoms with Crippen LogP contribution in [0.15, 0.2) is 70.8 Å². The molecule has 2 aromatic heterocycles. The van der Waals surface area contributed by atoms with Crippen LogP contribution in [0.1, 0.15) is 10.4 Å². The number of morpholine rings is 1. The van der Waals surface area contributed by atoms with Crippen molar-refractivity contribution in [3.63, 3.8) is 0 Å². The lowest BCUT2D eigenvalue weighted by atomic mass is 10.1. The summed E-state index contributed by atoms with van der Waals surface area (Å²) in [7, 11) is -4.61. The molecule has 1 saturated heterocycles. The third-order valence-electron chi connectivity index (χ3n) is 6.07. The number of carbonyl (C=O) groups excluding carboxylic acids is 1. The predicted molar refractivity (Wildman–Crippen MR) is 136 cm³/mol. The molecule has 0 N–H and O–H groups in total. The van der Waals surface area contributed by atoms with Crippen molar-refractivity contribution in [2.45, 2.75) is 9.79 Å². The van der Waals surface area contributed by atoms with Crippen LogP contribution >= 0.6 is 0 Å². The number of hydrogen-bond acceptors (Lipinski definition) is 7. The van der Waals surface area contributed by atoms with Gasteiger partial charge in [0.1, 0.15) is 0 Å². The zero-order chi connectivity index (χ0) is 25.4. The molecule has 0 radical (unpaired) electrons. The highest BCUT2D eigenvalue weighted by molar-refractivity contribution is 7.90. The monoisotopic (exact) mass is 524 g/mol. The minimum Gasteiger partial charge on any atom is -0.378 e. The van der Waals surface area contributed by atoms with E-state index >= 15 is 0 Å². The Bertz CT molecular complexity index is 1590. The van der Waals surface area contributed by atoms with Crippen LogP contribution in [-0.2, 0) is 25.4 Å².